The molecule has 4 heterocycles. The lowest BCUT2D eigenvalue weighted by molar-refractivity contribution is 0.469. The van der Waals surface area contributed by atoms with Gasteiger partial charge in [-0.1, -0.05) is 0 Å². The zero-order chi connectivity index (χ0) is 22.4. The van der Waals surface area contributed by atoms with Gasteiger partial charge in [0, 0.05) is 42.5 Å². The number of furan rings is 1. The Balaban J connectivity index is 1.71. The molecule has 1 atom stereocenters. The number of H-pyrrole nitrogens is 1. The molecule has 1 unspecified atom stereocenters. The second-order valence-corrected chi connectivity index (χ2v) is 7.89. The fourth-order valence-electron chi connectivity index (χ4n) is 4.28. The number of aromatic amines is 1. The first-order valence-corrected chi connectivity index (χ1v) is 10.3. The zero-order valence-electron chi connectivity index (χ0n) is 17.6. The third-order valence-electron chi connectivity index (χ3n) is 5.95. The Morgan fingerprint density at radius 2 is 2.19 bits per heavy atom. The number of nitrogens with one attached hydrogen (secondary N) is 2. The van der Waals surface area contributed by atoms with E-state index in [-0.39, 0.29) is 22.6 Å². The number of hydrogen-bond donors (Lipinski definition) is 3. The molecule has 1 aromatic carbocycles. The number of anilines is 1. The number of benzene rings is 1. The molecule has 5 rings (SSSR count). The van der Waals surface area contributed by atoms with E-state index in [9.17, 15) is 14.8 Å². The number of phenolic OH excluding ortho intramolecular Hbond substituents is 1. The van der Waals surface area contributed by atoms with Crippen LogP contribution in [0.4, 0.5) is 10.3 Å². The first kappa shape index (κ1) is 20.0. The van der Waals surface area contributed by atoms with E-state index in [1.165, 1.54) is 12.1 Å². The molecule has 0 aliphatic carbocycles. The van der Waals surface area contributed by atoms with E-state index in [2.05, 4.69) is 31.5 Å². The van der Waals surface area contributed by atoms with Gasteiger partial charge in [-0.2, -0.15) is 10.4 Å². The van der Waals surface area contributed by atoms with Crippen LogP contribution in [0.3, 0.4) is 0 Å². The van der Waals surface area contributed by atoms with Gasteiger partial charge in [0.05, 0.1) is 22.2 Å². The Labute approximate surface area is 183 Å². The van der Waals surface area contributed by atoms with Crippen LogP contribution in [0, 0.1) is 24.1 Å². The van der Waals surface area contributed by atoms with Crippen molar-refractivity contribution in [2.24, 2.45) is 0 Å². The van der Waals surface area contributed by atoms with Crippen LogP contribution in [0.1, 0.15) is 17.7 Å². The van der Waals surface area contributed by atoms with Crippen LogP contribution in [0.25, 0.3) is 33.6 Å². The summed E-state index contributed by atoms with van der Waals surface area (Å²) in [4.78, 5) is 6.62. The number of aromatic nitrogens is 3. The maximum absolute atomic E-state index is 14.7. The molecular formula is C23H21FN6O2. The first-order valence-electron chi connectivity index (χ1n) is 10.3. The smallest absolute Gasteiger partial charge is 0.196 e. The number of aryl methyl sites for hydroxylation is 1. The van der Waals surface area contributed by atoms with E-state index in [1.54, 1.807) is 0 Å². The minimum absolute atomic E-state index is 0.103. The molecule has 32 heavy (non-hydrogen) atoms. The SMILES string of the molecule is CNC1CCN(c2ccc(-c3c(C#N)c(-c4ccc(O)cc4F)nc4n[nH]c(C)c34)o2)C1. The van der Waals surface area contributed by atoms with E-state index in [1.807, 2.05) is 26.1 Å². The van der Waals surface area contributed by atoms with Crippen molar-refractivity contribution in [1.29, 1.82) is 5.26 Å². The summed E-state index contributed by atoms with van der Waals surface area (Å²) in [5.41, 5.74) is 2.03. The molecule has 3 N–H and O–H groups in total. The fourth-order valence-corrected chi connectivity index (χ4v) is 4.28. The van der Waals surface area contributed by atoms with E-state index in [0.717, 1.165) is 31.3 Å². The number of nitriles is 1. The number of hydrogen-bond acceptors (Lipinski definition) is 7. The summed E-state index contributed by atoms with van der Waals surface area (Å²) in [5, 5.41) is 30.8. The van der Waals surface area contributed by atoms with Crippen molar-refractivity contribution in [3.8, 4) is 34.4 Å². The van der Waals surface area contributed by atoms with Gasteiger partial charge < -0.3 is 19.7 Å². The van der Waals surface area contributed by atoms with Gasteiger partial charge in [-0.05, 0) is 38.6 Å². The molecule has 1 saturated heterocycles. The van der Waals surface area contributed by atoms with E-state index >= 15 is 0 Å². The highest BCUT2D eigenvalue weighted by Crippen LogP contribution is 2.40. The second-order valence-electron chi connectivity index (χ2n) is 7.89. The van der Waals surface area contributed by atoms with Gasteiger partial charge in [0.25, 0.3) is 0 Å². The number of aromatic hydroxyl groups is 1. The van der Waals surface area contributed by atoms with Crippen molar-refractivity contribution in [1.82, 2.24) is 20.5 Å². The molecule has 0 radical (unpaired) electrons. The Morgan fingerprint density at radius 1 is 1.34 bits per heavy atom. The second kappa shape index (κ2) is 7.66. The van der Waals surface area contributed by atoms with Crippen molar-refractivity contribution in [3.05, 3.63) is 47.4 Å². The normalized spacial score (nSPS) is 16.1. The largest absolute Gasteiger partial charge is 0.508 e. The molecule has 9 heteroatoms. The number of pyridine rings is 1. The minimum Gasteiger partial charge on any atom is -0.508 e. The number of fused-ring (bicyclic) bond motifs is 1. The van der Waals surface area contributed by atoms with Crippen LogP contribution in [0.2, 0.25) is 0 Å². The average molecular weight is 432 g/mol. The van der Waals surface area contributed by atoms with Crippen molar-refractivity contribution >= 4 is 16.9 Å². The third kappa shape index (κ3) is 3.16. The number of rotatable bonds is 4. The van der Waals surface area contributed by atoms with Crippen LogP contribution in [-0.4, -0.2) is 46.5 Å². The molecule has 4 aromatic rings. The number of halogens is 1. The highest BCUT2D eigenvalue weighted by molar-refractivity contribution is 5.99. The van der Waals surface area contributed by atoms with Gasteiger partial charge in [0.15, 0.2) is 11.5 Å². The highest BCUT2D eigenvalue weighted by atomic mass is 19.1. The maximum Gasteiger partial charge on any atom is 0.196 e. The molecule has 1 fully saturated rings. The Hall–Kier alpha value is -3.90. The summed E-state index contributed by atoms with van der Waals surface area (Å²) in [5.74, 6) is 0.316. The predicted molar refractivity (Wildman–Crippen MR) is 118 cm³/mol. The van der Waals surface area contributed by atoms with Crippen molar-refractivity contribution < 1.29 is 13.9 Å². The Kier molecular flexibility index (Phi) is 4.79. The van der Waals surface area contributed by atoms with Crippen LogP contribution >= 0.6 is 0 Å². The van der Waals surface area contributed by atoms with Crippen LogP contribution in [0.5, 0.6) is 5.75 Å². The topological polar surface area (TPSA) is 114 Å². The van der Waals surface area contributed by atoms with E-state index in [0.29, 0.717) is 34.3 Å². The fraction of sp³-hybridized carbons (Fsp3) is 0.261. The summed E-state index contributed by atoms with van der Waals surface area (Å²) in [6, 6.07) is 10.0. The third-order valence-corrected chi connectivity index (χ3v) is 5.95. The van der Waals surface area contributed by atoms with Gasteiger partial charge >= 0.3 is 0 Å². The van der Waals surface area contributed by atoms with Crippen LogP contribution in [-0.2, 0) is 0 Å². The number of likely N-dealkylation sites (N-methyl/N-ethyl adjacent to an activating group) is 1. The predicted octanol–water partition coefficient (Wildman–Crippen LogP) is 3.71. The Bertz CT molecular complexity index is 1370. The molecule has 162 valence electrons. The van der Waals surface area contributed by atoms with Crippen molar-refractivity contribution in [3.63, 3.8) is 0 Å². The molecule has 0 amide bonds. The maximum atomic E-state index is 14.7. The highest BCUT2D eigenvalue weighted by Gasteiger charge is 2.27. The monoisotopic (exact) mass is 432 g/mol. The summed E-state index contributed by atoms with van der Waals surface area (Å²) < 4.78 is 20.9. The van der Waals surface area contributed by atoms with Crippen LogP contribution in [0.15, 0.2) is 34.7 Å². The van der Waals surface area contributed by atoms with Crippen molar-refractivity contribution in [2.45, 2.75) is 19.4 Å². The van der Waals surface area contributed by atoms with Gasteiger partial charge in [0.1, 0.15) is 23.4 Å². The van der Waals surface area contributed by atoms with Gasteiger partial charge in [-0.25, -0.2) is 9.37 Å². The average Bonchev–Trinajstić information content (AvgIpc) is 3.52. The summed E-state index contributed by atoms with van der Waals surface area (Å²) in [6.45, 7) is 3.53. The first-order chi connectivity index (χ1) is 15.5. The Morgan fingerprint density at radius 3 is 2.91 bits per heavy atom. The summed E-state index contributed by atoms with van der Waals surface area (Å²) >= 11 is 0. The molecule has 8 nitrogen and oxygen atoms in total. The molecule has 0 bridgehead atoms. The van der Waals surface area contributed by atoms with Gasteiger partial charge in [-0.15, -0.1) is 0 Å². The van der Waals surface area contributed by atoms with Gasteiger partial charge in [0.2, 0.25) is 0 Å². The molecule has 1 aliphatic rings. The van der Waals surface area contributed by atoms with E-state index < -0.39 is 5.82 Å². The quantitative estimate of drug-likeness (QED) is 0.450. The molecule has 0 saturated carbocycles. The van der Waals surface area contributed by atoms with Crippen LogP contribution < -0.4 is 10.2 Å². The molecular weight excluding hydrogens is 411 g/mol. The lowest BCUT2D eigenvalue weighted by Crippen LogP contribution is -2.29. The number of nitrogens with zero attached hydrogens (tertiary/aromatic N) is 4. The van der Waals surface area contributed by atoms with E-state index in [4.69, 9.17) is 4.42 Å². The summed E-state index contributed by atoms with van der Waals surface area (Å²) in [6.07, 6.45) is 1.01. The molecule has 1 aliphatic heterocycles. The summed E-state index contributed by atoms with van der Waals surface area (Å²) in [7, 11) is 1.94. The number of phenols is 1. The molecule has 3 aromatic heterocycles. The van der Waals surface area contributed by atoms with Gasteiger partial charge in [-0.3, -0.25) is 5.10 Å². The molecule has 0 spiro atoms. The minimum atomic E-state index is -0.679. The lowest BCUT2D eigenvalue weighted by atomic mass is 9.96. The zero-order valence-corrected chi connectivity index (χ0v) is 17.6. The lowest BCUT2D eigenvalue weighted by Gasteiger charge is -2.15. The van der Waals surface area contributed by atoms with Crippen molar-refractivity contribution in [2.75, 3.05) is 25.0 Å². The standard InChI is InChI=1S/C23H21FN6O2/c1-12-20-21(18-5-6-19(32-18)30-8-7-13(11-30)26-2)16(10-25)22(27-23(20)29-28-12)15-4-3-14(31)9-17(15)24/h3-6,9,13,26,31H,7-8,11H2,1-2H3,(H,27,28,29).